The number of halogens is 1. The fourth-order valence-electron chi connectivity index (χ4n) is 4.14. The molecule has 0 bridgehead atoms. The third-order valence-corrected chi connectivity index (χ3v) is 6.48. The highest BCUT2D eigenvalue weighted by atomic mass is 35.5. The van der Waals surface area contributed by atoms with Crippen LogP contribution in [-0.4, -0.2) is 49.1 Å². The molecule has 3 aromatic rings. The van der Waals surface area contributed by atoms with Crippen LogP contribution >= 0.6 is 11.6 Å². The molecule has 2 N–H and O–H groups in total. The van der Waals surface area contributed by atoms with E-state index < -0.39 is 0 Å². The van der Waals surface area contributed by atoms with Crippen LogP contribution in [-0.2, 0) is 12.8 Å². The number of hydrogen-bond acceptors (Lipinski definition) is 6. The number of rotatable bonds is 11. The molecule has 0 radical (unpaired) electrons. The summed E-state index contributed by atoms with van der Waals surface area (Å²) in [5, 5.41) is 7.61. The monoisotopic (exact) mass is 520 g/mol. The van der Waals surface area contributed by atoms with E-state index in [9.17, 15) is 0 Å². The molecule has 1 heterocycles. The van der Waals surface area contributed by atoms with E-state index in [1.165, 1.54) is 11.3 Å². The van der Waals surface area contributed by atoms with Gasteiger partial charge in [-0.05, 0) is 73.3 Å². The number of aromatic nitrogens is 2. The molecule has 0 spiro atoms. The number of hydrogen-bond donors (Lipinski definition) is 2. The summed E-state index contributed by atoms with van der Waals surface area (Å²) in [6.07, 6.45) is 5.28. The second kappa shape index (κ2) is 12.4. The first-order valence-electron chi connectivity index (χ1n) is 12.8. The molecule has 198 valence electrons. The van der Waals surface area contributed by atoms with Crippen molar-refractivity contribution in [3.8, 4) is 0 Å². The van der Waals surface area contributed by atoms with E-state index in [-0.39, 0.29) is 5.41 Å². The Morgan fingerprint density at radius 1 is 0.946 bits per heavy atom. The van der Waals surface area contributed by atoms with Gasteiger partial charge in [0.15, 0.2) is 0 Å². The first kappa shape index (κ1) is 28.5. The number of nitrogens with one attached hydrogen (secondary N) is 2. The van der Waals surface area contributed by atoms with Crippen molar-refractivity contribution < 1.29 is 0 Å². The summed E-state index contributed by atoms with van der Waals surface area (Å²) < 4.78 is 0. The van der Waals surface area contributed by atoms with Crippen LogP contribution in [0.1, 0.15) is 44.4 Å². The summed E-state index contributed by atoms with van der Waals surface area (Å²) in [6.45, 7) is 14.8. The Morgan fingerprint density at radius 2 is 1.65 bits per heavy atom. The molecule has 0 saturated heterocycles. The maximum atomic E-state index is 6.57. The highest BCUT2D eigenvalue weighted by molar-refractivity contribution is 6.31. The molecule has 0 amide bonds. The molecule has 0 saturated carbocycles. The van der Waals surface area contributed by atoms with Gasteiger partial charge in [0.05, 0.1) is 0 Å². The van der Waals surface area contributed by atoms with Gasteiger partial charge >= 0.3 is 0 Å². The zero-order chi connectivity index (χ0) is 27.2. The first-order chi connectivity index (χ1) is 17.5. The smallest absolute Gasteiger partial charge is 0.135 e. The predicted octanol–water partition coefficient (Wildman–Crippen LogP) is 7.41. The Morgan fingerprint density at radius 3 is 2.24 bits per heavy atom. The van der Waals surface area contributed by atoms with Gasteiger partial charge in [-0.3, -0.25) is 0 Å². The number of benzene rings is 2. The zero-order valence-electron chi connectivity index (χ0n) is 23.3. The third kappa shape index (κ3) is 8.20. The average molecular weight is 521 g/mol. The Kier molecular flexibility index (Phi) is 9.57. The minimum absolute atomic E-state index is 0.175. The van der Waals surface area contributed by atoms with Crippen LogP contribution in [0.25, 0.3) is 6.08 Å². The molecular formula is C30H41ClN6. The third-order valence-electron chi connectivity index (χ3n) is 6.12. The van der Waals surface area contributed by atoms with Crippen molar-refractivity contribution in [2.24, 2.45) is 5.41 Å². The van der Waals surface area contributed by atoms with Gasteiger partial charge in [-0.1, -0.05) is 58.0 Å². The van der Waals surface area contributed by atoms with Crippen LogP contribution < -0.4 is 15.5 Å². The molecule has 2 aromatic carbocycles. The van der Waals surface area contributed by atoms with Gasteiger partial charge in [-0.2, -0.15) is 0 Å². The second-order valence-corrected chi connectivity index (χ2v) is 11.3. The Labute approximate surface area is 227 Å². The van der Waals surface area contributed by atoms with Crippen LogP contribution in [0.5, 0.6) is 0 Å². The largest absolute Gasteiger partial charge is 0.373 e. The van der Waals surface area contributed by atoms with Crippen LogP contribution in [0.4, 0.5) is 28.7 Å². The van der Waals surface area contributed by atoms with Crippen molar-refractivity contribution in [2.75, 3.05) is 49.8 Å². The fraction of sp³-hybridized carbons (Fsp3) is 0.400. The minimum Gasteiger partial charge on any atom is -0.373 e. The summed E-state index contributed by atoms with van der Waals surface area (Å²) in [5.41, 5.74) is 6.70. The Hall–Kier alpha value is -3.09. The van der Waals surface area contributed by atoms with E-state index >= 15 is 0 Å². The van der Waals surface area contributed by atoms with Gasteiger partial charge in [-0.25, -0.2) is 9.97 Å². The molecule has 0 aliphatic carbocycles. The lowest BCUT2D eigenvalue weighted by Gasteiger charge is -2.25. The molecule has 6 nitrogen and oxygen atoms in total. The molecule has 7 heteroatoms. The summed E-state index contributed by atoms with van der Waals surface area (Å²) in [6, 6.07) is 12.4. The first-order valence-corrected chi connectivity index (χ1v) is 13.2. The Balaban J connectivity index is 1.80. The second-order valence-electron chi connectivity index (χ2n) is 10.9. The number of anilines is 5. The van der Waals surface area contributed by atoms with Crippen LogP contribution in [0.2, 0.25) is 5.02 Å². The summed E-state index contributed by atoms with van der Waals surface area (Å²) >= 11 is 6.57. The minimum atomic E-state index is 0.175. The van der Waals surface area contributed by atoms with Gasteiger partial charge in [0.2, 0.25) is 0 Å². The molecule has 0 aliphatic heterocycles. The van der Waals surface area contributed by atoms with Gasteiger partial charge in [-0.15, -0.1) is 0 Å². The maximum absolute atomic E-state index is 6.57. The number of likely N-dealkylation sites (N-methyl/N-ethyl adjacent to an activating group) is 2. The van der Waals surface area contributed by atoms with Crippen LogP contribution in [0, 0.1) is 5.41 Å². The van der Waals surface area contributed by atoms with Crippen molar-refractivity contribution in [3.63, 3.8) is 0 Å². The van der Waals surface area contributed by atoms with E-state index in [0.29, 0.717) is 11.6 Å². The van der Waals surface area contributed by atoms with Crippen LogP contribution in [0.3, 0.4) is 0 Å². The van der Waals surface area contributed by atoms with E-state index in [1.807, 2.05) is 24.3 Å². The van der Waals surface area contributed by atoms with E-state index in [1.54, 1.807) is 6.33 Å². The quantitative estimate of drug-likeness (QED) is 0.274. The topological polar surface area (TPSA) is 56.3 Å². The van der Waals surface area contributed by atoms with E-state index in [2.05, 4.69) is 104 Å². The highest BCUT2D eigenvalue weighted by Crippen LogP contribution is 2.32. The zero-order valence-corrected chi connectivity index (χ0v) is 24.1. The summed E-state index contributed by atoms with van der Waals surface area (Å²) in [4.78, 5) is 13.3. The van der Waals surface area contributed by atoms with Crippen molar-refractivity contribution in [1.29, 1.82) is 0 Å². The Bertz CT molecular complexity index is 1220. The molecule has 0 fully saturated rings. The van der Waals surface area contributed by atoms with Gasteiger partial charge in [0.25, 0.3) is 0 Å². The molecule has 0 atom stereocenters. The summed E-state index contributed by atoms with van der Waals surface area (Å²) in [5.74, 6) is 1.41. The van der Waals surface area contributed by atoms with Crippen molar-refractivity contribution in [2.45, 2.75) is 40.5 Å². The lowest BCUT2D eigenvalue weighted by molar-refractivity contribution is 0.411. The molecule has 0 unspecified atom stereocenters. The standard InChI is InChI=1S/C30H41ClN6/c1-9-21-16-27(37(8)14-13-36(6)7)22(10-2)15-26(21)35-29-18-28(32-20-33-29)34-24-12-11-23(25(31)17-24)19-30(3,4)5/h10-12,15-18,20H,2,9,13-14,19H2,1,3-8H3,(H2,32,33,34,35). The molecule has 1 aromatic heterocycles. The van der Waals surface area contributed by atoms with Crippen molar-refractivity contribution >= 4 is 46.4 Å². The normalized spacial score (nSPS) is 11.5. The molecule has 3 rings (SSSR count). The lowest BCUT2D eigenvalue weighted by atomic mass is 9.88. The van der Waals surface area contributed by atoms with Crippen LogP contribution in [0.15, 0.2) is 49.3 Å². The van der Waals surface area contributed by atoms with Gasteiger partial charge < -0.3 is 20.4 Å². The maximum Gasteiger partial charge on any atom is 0.135 e. The molecular weight excluding hydrogens is 480 g/mol. The van der Waals surface area contributed by atoms with Crippen molar-refractivity contribution in [3.05, 3.63) is 71.0 Å². The number of aryl methyl sites for hydroxylation is 1. The van der Waals surface area contributed by atoms with Gasteiger partial charge in [0.1, 0.15) is 18.0 Å². The summed E-state index contributed by atoms with van der Waals surface area (Å²) in [7, 11) is 6.31. The van der Waals surface area contributed by atoms with E-state index in [4.69, 9.17) is 11.6 Å². The number of nitrogens with zero attached hydrogens (tertiary/aromatic N) is 4. The fourth-order valence-corrected chi connectivity index (χ4v) is 4.39. The van der Waals surface area contributed by atoms with Crippen molar-refractivity contribution in [1.82, 2.24) is 14.9 Å². The van der Waals surface area contributed by atoms with E-state index in [0.717, 1.165) is 53.5 Å². The predicted molar refractivity (Wildman–Crippen MR) is 161 cm³/mol. The van der Waals surface area contributed by atoms with Gasteiger partial charge in [0, 0.05) is 48.3 Å². The SMILES string of the molecule is C=Cc1cc(Nc2cc(Nc3ccc(CC(C)(C)C)c(Cl)c3)ncn2)c(CC)cc1N(C)CCN(C)C. The highest BCUT2D eigenvalue weighted by Gasteiger charge is 2.15. The lowest BCUT2D eigenvalue weighted by Crippen LogP contribution is -2.29. The molecule has 0 aliphatic rings. The molecule has 37 heavy (non-hydrogen) atoms. The average Bonchev–Trinajstić information content (AvgIpc) is 2.83.